The van der Waals surface area contributed by atoms with Crippen LogP contribution < -0.4 is 14.4 Å². The maximum absolute atomic E-state index is 12.1. The third-order valence-electron chi connectivity index (χ3n) is 6.85. The number of carbonyl (C=O) groups excluding carboxylic acids is 1. The standard InChI is InChI=1S/C25H33BrN4O3/c1-18-25(31)28(2)12-13-29(18)14-15-33-21-6-4-19(5-7-21)20-8-10-30(11-9-20)24-16-23(32-3)22(26)17-27-24/h4-7,16-18,20H,8-15H2,1-3H3/t18-/m1/s1. The van der Waals surface area contributed by atoms with E-state index < -0.39 is 0 Å². The number of halogens is 1. The van der Waals surface area contributed by atoms with Gasteiger partial charge in [-0.1, -0.05) is 12.1 Å². The Morgan fingerprint density at radius 1 is 1.12 bits per heavy atom. The number of hydrogen-bond donors (Lipinski definition) is 0. The summed E-state index contributed by atoms with van der Waals surface area (Å²) in [5.74, 6) is 3.40. The molecular weight excluding hydrogens is 484 g/mol. The van der Waals surface area contributed by atoms with E-state index in [1.54, 1.807) is 18.2 Å². The molecule has 33 heavy (non-hydrogen) atoms. The van der Waals surface area contributed by atoms with Crippen molar-refractivity contribution in [3.05, 3.63) is 46.6 Å². The first-order valence-corrected chi connectivity index (χ1v) is 12.4. The molecule has 2 aliphatic rings. The van der Waals surface area contributed by atoms with Gasteiger partial charge in [0.25, 0.3) is 0 Å². The molecule has 1 amide bonds. The number of rotatable bonds is 7. The van der Waals surface area contributed by atoms with E-state index in [1.807, 2.05) is 20.0 Å². The number of hydrogen-bond acceptors (Lipinski definition) is 6. The third-order valence-corrected chi connectivity index (χ3v) is 7.44. The van der Waals surface area contributed by atoms with Crippen molar-refractivity contribution in [1.82, 2.24) is 14.8 Å². The molecule has 3 heterocycles. The third kappa shape index (κ3) is 5.61. The normalized spacial score (nSPS) is 20.2. The van der Waals surface area contributed by atoms with E-state index in [0.717, 1.165) is 67.4 Å². The smallest absolute Gasteiger partial charge is 0.239 e. The lowest BCUT2D eigenvalue weighted by molar-refractivity contribution is -0.139. The van der Waals surface area contributed by atoms with Crippen molar-refractivity contribution in [3.8, 4) is 11.5 Å². The highest BCUT2D eigenvalue weighted by Gasteiger charge is 2.29. The second-order valence-corrected chi connectivity index (χ2v) is 9.68. The summed E-state index contributed by atoms with van der Waals surface area (Å²) in [6.45, 7) is 6.94. The Balaban J connectivity index is 1.25. The minimum atomic E-state index is -0.0747. The zero-order valence-corrected chi connectivity index (χ0v) is 21.3. The van der Waals surface area contributed by atoms with Gasteiger partial charge in [0.2, 0.25) is 5.91 Å². The highest BCUT2D eigenvalue weighted by atomic mass is 79.9. The van der Waals surface area contributed by atoms with Gasteiger partial charge in [-0.2, -0.15) is 0 Å². The van der Waals surface area contributed by atoms with Crippen LogP contribution in [0.4, 0.5) is 5.82 Å². The lowest BCUT2D eigenvalue weighted by atomic mass is 9.89. The second-order valence-electron chi connectivity index (χ2n) is 8.83. The molecule has 2 fully saturated rings. The Morgan fingerprint density at radius 2 is 1.85 bits per heavy atom. The molecule has 0 saturated carbocycles. The van der Waals surface area contributed by atoms with Crippen LogP contribution in [0, 0.1) is 0 Å². The quantitative estimate of drug-likeness (QED) is 0.558. The topological polar surface area (TPSA) is 58.1 Å². The molecular formula is C25H33BrN4O3. The SMILES string of the molecule is COc1cc(N2CCC(c3ccc(OCCN4CCN(C)C(=O)[C@H]4C)cc3)CC2)ncc1Br. The van der Waals surface area contributed by atoms with E-state index in [9.17, 15) is 4.79 Å². The first-order valence-electron chi connectivity index (χ1n) is 11.6. The predicted molar refractivity (Wildman–Crippen MR) is 133 cm³/mol. The molecule has 2 aromatic rings. The highest BCUT2D eigenvalue weighted by molar-refractivity contribution is 9.10. The minimum Gasteiger partial charge on any atom is -0.495 e. The van der Waals surface area contributed by atoms with Crippen LogP contribution in [-0.2, 0) is 4.79 Å². The molecule has 0 bridgehead atoms. The number of aromatic nitrogens is 1. The first kappa shape index (κ1) is 23.8. The summed E-state index contributed by atoms with van der Waals surface area (Å²) >= 11 is 3.47. The second kappa shape index (κ2) is 10.7. The summed E-state index contributed by atoms with van der Waals surface area (Å²) in [6, 6.07) is 10.4. The Hall–Kier alpha value is -2.32. The predicted octanol–water partition coefficient (Wildman–Crippen LogP) is 3.78. The van der Waals surface area contributed by atoms with Crippen LogP contribution in [0.3, 0.4) is 0 Å². The molecule has 178 valence electrons. The molecule has 0 N–H and O–H groups in total. The van der Waals surface area contributed by atoms with Gasteiger partial charge >= 0.3 is 0 Å². The van der Waals surface area contributed by atoms with Crippen molar-refractivity contribution in [2.45, 2.75) is 31.7 Å². The summed E-state index contributed by atoms with van der Waals surface area (Å²) in [5.41, 5.74) is 1.36. The molecule has 1 atom stereocenters. The van der Waals surface area contributed by atoms with Gasteiger partial charge < -0.3 is 19.3 Å². The van der Waals surface area contributed by atoms with Gasteiger partial charge in [0.05, 0.1) is 17.6 Å². The van der Waals surface area contributed by atoms with Gasteiger partial charge in [-0.15, -0.1) is 0 Å². The lowest BCUT2D eigenvalue weighted by Crippen LogP contribution is -2.55. The van der Waals surface area contributed by atoms with E-state index in [-0.39, 0.29) is 11.9 Å². The molecule has 7 nitrogen and oxygen atoms in total. The minimum absolute atomic E-state index is 0.0747. The van der Waals surface area contributed by atoms with Crippen molar-refractivity contribution < 1.29 is 14.3 Å². The average molecular weight is 517 g/mol. The van der Waals surface area contributed by atoms with Crippen molar-refractivity contribution in [2.75, 3.05) is 58.4 Å². The number of pyridine rings is 1. The lowest BCUT2D eigenvalue weighted by Gasteiger charge is -2.37. The fourth-order valence-corrected chi connectivity index (χ4v) is 5.04. The van der Waals surface area contributed by atoms with Crippen molar-refractivity contribution in [3.63, 3.8) is 0 Å². The summed E-state index contributed by atoms with van der Waals surface area (Å²) in [4.78, 5) is 23.0. The van der Waals surface area contributed by atoms with Crippen LogP contribution in [0.1, 0.15) is 31.2 Å². The first-order chi connectivity index (χ1) is 16.0. The highest BCUT2D eigenvalue weighted by Crippen LogP contribution is 2.33. The van der Waals surface area contributed by atoms with E-state index in [2.05, 4.69) is 55.0 Å². The number of amides is 1. The van der Waals surface area contributed by atoms with Crippen LogP contribution in [0.5, 0.6) is 11.5 Å². The zero-order chi connectivity index (χ0) is 23.4. The molecule has 0 spiro atoms. The van der Waals surface area contributed by atoms with Gasteiger partial charge in [-0.25, -0.2) is 4.98 Å². The number of likely N-dealkylation sites (N-methyl/N-ethyl adjacent to an activating group) is 1. The Kier molecular flexibility index (Phi) is 7.75. The van der Waals surface area contributed by atoms with E-state index in [4.69, 9.17) is 9.47 Å². The van der Waals surface area contributed by atoms with Crippen LogP contribution in [0.2, 0.25) is 0 Å². The van der Waals surface area contributed by atoms with Crippen LogP contribution in [0.15, 0.2) is 41.0 Å². The monoisotopic (exact) mass is 516 g/mol. The van der Waals surface area contributed by atoms with Gasteiger partial charge in [-0.05, 0) is 59.3 Å². The summed E-state index contributed by atoms with van der Waals surface area (Å²) in [6.07, 6.45) is 3.99. The Morgan fingerprint density at radius 3 is 2.55 bits per heavy atom. The van der Waals surface area contributed by atoms with E-state index in [0.29, 0.717) is 12.5 Å². The molecule has 1 aromatic carbocycles. The zero-order valence-electron chi connectivity index (χ0n) is 19.7. The van der Waals surface area contributed by atoms with Gasteiger partial charge in [0.15, 0.2) is 0 Å². The number of benzene rings is 1. The number of nitrogens with zero attached hydrogens (tertiary/aromatic N) is 4. The van der Waals surface area contributed by atoms with Crippen molar-refractivity contribution in [1.29, 1.82) is 0 Å². The Bertz CT molecular complexity index is 947. The number of piperazine rings is 1. The molecule has 0 radical (unpaired) electrons. The molecule has 2 saturated heterocycles. The van der Waals surface area contributed by atoms with Crippen LogP contribution in [0.25, 0.3) is 0 Å². The van der Waals surface area contributed by atoms with Crippen LogP contribution >= 0.6 is 15.9 Å². The summed E-state index contributed by atoms with van der Waals surface area (Å²) in [5, 5.41) is 0. The van der Waals surface area contributed by atoms with E-state index >= 15 is 0 Å². The fraction of sp³-hybridized carbons (Fsp3) is 0.520. The maximum Gasteiger partial charge on any atom is 0.239 e. The van der Waals surface area contributed by atoms with Gasteiger partial charge in [0, 0.05) is 52.0 Å². The van der Waals surface area contributed by atoms with Gasteiger partial charge in [-0.3, -0.25) is 9.69 Å². The number of piperidine rings is 1. The van der Waals surface area contributed by atoms with Crippen molar-refractivity contribution in [2.24, 2.45) is 0 Å². The average Bonchev–Trinajstić information content (AvgIpc) is 2.85. The number of carbonyl (C=O) groups is 1. The van der Waals surface area contributed by atoms with Gasteiger partial charge in [0.1, 0.15) is 23.9 Å². The Labute approximate surface area is 204 Å². The summed E-state index contributed by atoms with van der Waals surface area (Å²) in [7, 11) is 3.55. The molecule has 1 aromatic heterocycles. The molecule has 8 heteroatoms. The molecule has 4 rings (SSSR count). The summed E-state index contributed by atoms with van der Waals surface area (Å²) < 4.78 is 12.3. The number of ether oxygens (including phenoxy) is 2. The van der Waals surface area contributed by atoms with Crippen LogP contribution in [-0.4, -0.2) is 80.2 Å². The fourth-order valence-electron chi connectivity index (χ4n) is 4.66. The number of anilines is 1. The van der Waals surface area contributed by atoms with Crippen molar-refractivity contribution >= 4 is 27.7 Å². The molecule has 2 aliphatic heterocycles. The largest absolute Gasteiger partial charge is 0.495 e. The maximum atomic E-state index is 12.1. The van der Waals surface area contributed by atoms with E-state index in [1.165, 1.54) is 5.56 Å². The molecule has 0 aliphatic carbocycles. The number of methoxy groups -OCH3 is 1. The molecule has 0 unspecified atom stereocenters.